The molecule has 0 amide bonds. The second kappa shape index (κ2) is 6.31. The SMILES string of the molecule is CCCNC(c1ccc(Cl)s1)c1cnnn1CC. The summed E-state index contributed by atoms with van der Waals surface area (Å²) < 4.78 is 2.73. The minimum Gasteiger partial charge on any atom is -0.304 e. The van der Waals surface area contributed by atoms with Gasteiger partial charge in [0, 0.05) is 11.4 Å². The highest BCUT2D eigenvalue weighted by Gasteiger charge is 2.19. The van der Waals surface area contributed by atoms with Gasteiger partial charge in [0.2, 0.25) is 0 Å². The molecule has 6 heteroatoms. The fourth-order valence-corrected chi connectivity index (χ4v) is 3.01. The number of rotatable bonds is 6. The number of hydrogen-bond acceptors (Lipinski definition) is 4. The fraction of sp³-hybridized carbons (Fsp3) is 0.500. The number of nitrogens with one attached hydrogen (secondary N) is 1. The minimum atomic E-state index is 0.123. The van der Waals surface area contributed by atoms with Gasteiger partial charge in [-0.25, -0.2) is 4.68 Å². The van der Waals surface area contributed by atoms with Gasteiger partial charge in [-0.1, -0.05) is 23.7 Å². The molecular formula is C12H17ClN4S. The molecule has 2 heterocycles. The highest BCUT2D eigenvalue weighted by molar-refractivity contribution is 7.16. The van der Waals surface area contributed by atoms with Crippen LogP contribution in [-0.2, 0) is 6.54 Å². The molecule has 2 aromatic heterocycles. The van der Waals surface area contributed by atoms with Gasteiger partial charge < -0.3 is 5.32 Å². The van der Waals surface area contributed by atoms with E-state index in [0.29, 0.717) is 0 Å². The van der Waals surface area contributed by atoms with Gasteiger partial charge in [0.25, 0.3) is 0 Å². The molecule has 0 aliphatic heterocycles. The van der Waals surface area contributed by atoms with E-state index in [-0.39, 0.29) is 6.04 Å². The van der Waals surface area contributed by atoms with Crippen molar-refractivity contribution >= 4 is 22.9 Å². The Morgan fingerprint density at radius 2 is 2.28 bits per heavy atom. The summed E-state index contributed by atoms with van der Waals surface area (Å²) in [7, 11) is 0. The van der Waals surface area contributed by atoms with Crippen LogP contribution in [0.3, 0.4) is 0 Å². The van der Waals surface area contributed by atoms with Crippen LogP contribution in [0.5, 0.6) is 0 Å². The van der Waals surface area contributed by atoms with Crippen molar-refractivity contribution in [2.24, 2.45) is 0 Å². The maximum Gasteiger partial charge on any atom is 0.0931 e. The van der Waals surface area contributed by atoms with Crippen molar-refractivity contribution in [1.29, 1.82) is 0 Å². The van der Waals surface area contributed by atoms with E-state index in [0.717, 1.165) is 29.5 Å². The first-order valence-electron chi connectivity index (χ1n) is 6.13. The number of nitrogens with zero attached hydrogens (tertiary/aromatic N) is 3. The standard InChI is InChI=1S/C12H17ClN4S/c1-3-7-14-12(10-5-6-11(13)18-10)9-8-15-16-17(9)4-2/h5-6,8,12,14H,3-4,7H2,1-2H3. The van der Waals surface area contributed by atoms with E-state index >= 15 is 0 Å². The summed E-state index contributed by atoms with van der Waals surface area (Å²) in [6, 6.07) is 4.12. The molecule has 0 spiro atoms. The Bertz CT molecular complexity index is 494. The predicted octanol–water partition coefficient (Wildman–Crippen LogP) is 3.10. The van der Waals surface area contributed by atoms with Crippen LogP contribution in [0.4, 0.5) is 0 Å². The molecule has 0 aromatic carbocycles. The second-order valence-corrected chi connectivity index (χ2v) is 5.75. The first-order chi connectivity index (χ1) is 8.76. The molecule has 0 aliphatic carbocycles. The van der Waals surface area contributed by atoms with Crippen LogP contribution in [0.2, 0.25) is 4.34 Å². The summed E-state index contributed by atoms with van der Waals surface area (Å²) in [5, 5.41) is 11.6. The van der Waals surface area contributed by atoms with Crippen LogP contribution in [0.25, 0.3) is 0 Å². The molecule has 0 saturated carbocycles. The van der Waals surface area contributed by atoms with Crippen molar-refractivity contribution in [3.8, 4) is 0 Å². The zero-order valence-electron chi connectivity index (χ0n) is 10.6. The normalized spacial score (nSPS) is 12.8. The zero-order valence-corrected chi connectivity index (χ0v) is 12.1. The number of hydrogen-bond donors (Lipinski definition) is 1. The summed E-state index contributed by atoms with van der Waals surface area (Å²) in [6.07, 6.45) is 2.91. The van der Waals surface area contributed by atoms with Crippen LogP contribution < -0.4 is 5.32 Å². The van der Waals surface area contributed by atoms with E-state index < -0.39 is 0 Å². The van der Waals surface area contributed by atoms with Gasteiger partial charge in [0.1, 0.15) is 0 Å². The molecule has 1 unspecified atom stereocenters. The van der Waals surface area contributed by atoms with Gasteiger partial charge >= 0.3 is 0 Å². The summed E-state index contributed by atoms with van der Waals surface area (Å²) >= 11 is 7.62. The van der Waals surface area contributed by atoms with Crippen molar-refractivity contribution in [1.82, 2.24) is 20.3 Å². The number of halogens is 1. The first kappa shape index (κ1) is 13.5. The lowest BCUT2D eigenvalue weighted by Crippen LogP contribution is -2.25. The third-order valence-corrected chi connectivity index (χ3v) is 4.02. The van der Waals surface area contributed by atoms with E-state index in [1.54, 1.807) is 11.3 Å². The quantitative estimate of drug-likeness (QED) is 0.886. The van der Waals surface area contributed by atoms with Gasteiger partial charge in [-0.3, -0.25) is 0 Å². The van der Waals surface area contributed by atoms with E-state index in [1.807, 2.05) is 16.9 Å². The van der Waals surface area contributed by atoms with Crippen molar-refractivity contribution in [3.05, 3.63) is 33.2 Å². The third-order valence-electron chi connectivity index (χ3n) is 2.72. The summed E-state index contributed by atoms with van der Waals surface area (Å²) in [6.45, 7) is 5.99. The van der Waals surface area contributed by atoms with Gasteiger partial charge in [-0.05, 0) is 32.0 Å². The number of aromatic nitrogens is 3. The smallest absolute Gasteiger partial charge is 0.0931 e. The molecule has 0 bridgehead atoms. The van der Waals surface area contributed by atoms with Crippen LogP contribution in [0.15, 0.2) is 18.3 Å². The molecule has 2 aromatic rings. The zero-order chi connectivity index (χ0) is 13.0. The highest BCUT2D eigenvalue weighted by atomic mass is 35.5. The largest absolute Gasteiger partial charge is 0.304 e. The van der Waals surface area contributed by atoms with E-state index in [9.17, 15) is 0 Å². The molecular weight excluding hydrogens is 268 g/mol. The Morgan fingerprint density at radius 1 is 1.44 bits per heavy atom. The van der Waals surface area contributed by atoms with E-state index in [1.165, 1.54) is 4.88 Å². The molecule has 1 atom stereocenters. The summed E-state index contributed by atoms with van der Waals surface area (Å²) in [5.74, 6) is 0. The summed E-state index contributed by atoms with van der Waals surface area (Å²) in [5.41, 5.74) is 1.09. The van der Waals surface area contributed by atoms with Crippen molar-refractivity contribution in [3.63, 3.8) is 0 Å². The Balaban J connectivity index is 2.30. The van der Waals surface area contributed by atoms with Gasteiger partial charge in [-0.2, -0.15) is 0 Å². The topological polar surface area (TPSA) is 42.7 Å². The van der Waals surface area contributed by atoms with Crippen LogP contribution in [-0.4, -0.2) is 21.5 Å². The van der Waals surface area contributed by atoms with Gasteiger partial charge in [0.05, 0.1) is 22.3 Å². The lowest BCUT2D eigenvalue weighted by Gasteiger charge is -2.17. The summed E-state index contributed by atoms with van der Waals surface area (Å²) in [4.78, 5) is 1.20. The Labute approximate surface area is 116 Å². The lowest BCUT2D eigenvalue weighted by molar-refractivity contribution is 0.528. The van der Waals surface area contributed by atoms with Crippen LogP contribution >= 0.6 is 22.9 Å². The average Bonchev–Trinajstić information content (AvgIpc) is 2.99. The molecule has 2 rings (SSSR count). The van der Waals surface area contributed by atoms with Crippen molar-refractivity contribution < 1.29 is 0 Å². The number of thiophene rings is 1. The van der Waals surface area contributed by atoms with E-state index in [2.05, 4.69) is 35.5 Å². The lowest BCUT2D eigenvalue weighted by atomic mass is 10.1. The highest BCUT2D eigenvalue weighted by Crippen LogP contribution is 2.30. The molecule has 4 nitrogen and oxygen atoms in total. The molecule has 1 N–H and O–H groups in total. The fourth-order valence-electron chi connectivity index (χ4n) is 1.86. The molecule has 0 fully saturated rings. The first-order valence-corrected chi connectivity index (χ1v) is 7.32. The predicted molar refractivity (Wildman–Crippen MR) is 75.2 cm³/mol. The number of aryl methyl sites for hydroxylation is 1. The molecule has 98 valence electrons. The average molecular weight is 285 g/mol. The Morgan fingerprint density at radius 3 is 2.89 bits per heavy atom. The Hall–Kier alpha value is -0.910. The maximum atomic E-state index is 6.03. The second-order valence-electron chi connectivity index (χ2n) is 4.00. The molecule has 18 heavy (non-hydrogen) atoms. The monoisotopic (exact) mass is 284 g/mol. The molecule has 0 aliphatic rings. The third kappa shape index (κ3) is 2.91. The van der Waals surface area contributed by atoms with Crippen LogP contribution in [0, 0.1) is 0 Å². The van der Waals surface area contributed by atoms with Gasteiger partial charge in [-0.15, -0.1) is 16.4 Å². The molecule has 0 saturated heterocycles. The van der Waals surface area contributed by atoms with Crippen molar-refractivity contribution in [2.75, 3.05) is 6.54 Å². The maximum absolute atomic E-state index is 6.03. The van der Waals surface area contributed by atoms with Gasteiger partial charge in [0.15, 0.2) is 0 Å². The Kier molecular flexibility index (Phi) is 4.74. The van der Waals surface area contributed by atoms with Crippen LogP contribution in [0.1, 0.15) is 36.9 Å². The van der Waals surface area contributed by atoms with Crippen molar-refractivity contribution in [2.45, 2.75) is 32.9 Å². The molecule has 0 radical (unpaired) electrons. The minimum absolute atomic E-state index is 0.123. The van der Waals surface area contributed by atoms with E-state index in [4.69, 9.17) is 11.6 Å².